The Kier molecular flexibility index (Phi) is 3.67. The van der Waals surface area contributed by atoms with E-state index in [4.69, 9.17) is 15.1 Å². The summed E-state index contributed by atoms with van der Waals surface area (Å²) in [7, 11) is 1.52. The highest BCUT2D eigenvalue weighted by Gasteiger charge is 2.08. The van der Waals surface area contributed by atoms with E-state index >= 15 is 0 Å². The van der Waals surface area contributed by atoms with Crippen LogP contribution >= 0.6 is 0 Å². The minimum absolute atomic E-state index is 0.428. The highest BCUT2D eigenvalue weighted by atomic mass is 16.5. The van der Waals surface area contributed by atoms with Crippen molar-refractivity contribution < 1.29 is 14.6 Å². The van der Waals surface area contributed by atoms with Crippen LogP contribution in [0.2, 0.25) is 0 Å². The Bertz CT molecular complexity index is 484. The van der Waals surface area contributed by atoms with E-state index in [1.807, 2.05) is 6.07 Å². The summed E-state index contributed by atoms with van der Waals surface area (Å²) in [5, 5.41) is 17.5. The maximum atomic E-state index is 10.4. The van der Waals surface area contributed by atoms with Crippen molar-refractivity contribution in [3.8, 4) is 11.8 Å². The van der Waals surface area contributed by atoms with Gasteiger partial charge in [-0.3, -0.25) is 0 Å². The van der Waals surface area contributed by atoms with E-state index in [1.165, 1.54) is 13.2 Å². The van der Waals surface area contributed by atoms with Gasteiger partial charge in [0.1, 0.15) is 11.8 Å². The molecule has 1 aromatic rings. The number of benzene rings is 1. The molecule has 82 valence electrons. The highest BCUT2D eigenvalue weighted by molar-refractivity contribution is 5.86. The quantitative estimate of drug-likeness (QED) is 0.786. The fourth-order valence-electron chi connectivity index (χ4n) is 1.38. The number of hydrogen-bond donors (Lipinski definition) is 1. The molecular formula is C12H11NO3. The molecule has 0 radical (unpaired) electrons. The van der Waals surface area contributed by atoms with Gasteiger partial charge in [0.25, 0.3) is 0 Å². The molecule has 0 saturated heterocycles. The van der Waals surface area contributed by atoms with Gasteiger partial charge in [-0.1, -0.05) is 0 Å². The molecule has 0 heterocycles. The van der Waals surface area contributed by atoms with E-state index in [0.29, 0.717) is 22.4 Å². The number of nitriles is 1. The first-order chi connectivity index (χ1) is 7.60. The second kappa shape index (κ2) is 4.99. The van der Waals surface area contributed by atoms with Crippen LogP contribution in [0.25, 0.3) is 6.08 Å². The van der Waals surface area contributed by atoms with Crippen molar-refractivity contribution in [3.05, 3.63) is 34.9 Å². The zero-order valence-corrected chi connectivity index (χ0v) is 9.02. The SMILES string of the molecule is COc1ccc(/C=C/C(=O)O)c(C#N)c1C. The van der Waals surface area contributed by atoms with Gasteiger partial charge in [-0.05, 0) is 30.7 Å². The minimum atomic E-state index is -1.04. The zero-order valence-electron chi connectivity index (χ0n) is 9.02. The molecule has 0 aliphatic rings. The molecule has 4 nitrogen and oxygen atoms in total. The van der Waals surface area contributed by atoms with Gasteiger partial charge in [0.15, 0.2) is 0 Å². The number of hydrogen-bond acceptors (Lipinski definition) is 3. The highest BCUT2D eigenvalue weighted by Crippen LogP contribution is 2.24. The number of methoxy groups -OCH3 is 1. The Morgan fingerprint density at radius 1 is 1.56 bits per heavy atom. The molecule has 0 unspecified atom stereocenters. The van der Waals surface area contributed by atoms with Gasteiger partial charge in [-0.2, -0.15) is 5.26 Å². The van der Waals surface area contributed by atoms with Crippen molar-refractivity contribution in [2.24, 2.45) is 0 Å². The van der Waals surface area contributed by atoms with Crippen LogP contribution < -0.4 is 4.74 Å². The van der Waals surface area contributed by atoms with Crippen molar-refractivity contribution >= 4 is 12.0 Å². The number of aliphatic carboxylic acids is 1. The minimum Gasteiger partial charge on any atom is -0.496 e. The summed E-state index contributed by atoms with van der Waals surface area (Å²) in [6, 6.07) is 5.40. The Morgan fingerprint density at radius 3 is 2.75 bits per heavy atom. The number of ether oxygens (including phenoxy) is 1. The van der Waals surface area contributed by atoms with Gasteiger partial charge in [0.2, 0.25) is 0 Å². The van der Waals surface area contributed by atoms with Crippen LogP contribution in [0.5, 0.6) is 5.75 Å². The molecule has 0 bridgehead atoms. The number of rotatable bonds is 3. The standard InChI is InChI=1S/C12H11NO3/c1-8-10(7-13)9(4-6-12(14)15)3-5-11(8)16-2/h3-6H,1-2H3,(H,14,15)/b6-4+. The Balaban J connectivity index is 3.27. The van der Waals surface area contributed by atoms with Gasteiger partial charge in [0.05, 0.1) is 12.7 Å². The van der Waals surface area contributed by atoms with Gasteiger partial charge in [-0.15, -0.1) is 0 Å². The van der Waals surface area contributed by atoms with Gasteiger partial charge in [0, 0.05) is 11.6 Å². The number of carboxylic acids is 1. The molecule has 0 atom stereocenters. The molecule has 0 fully saturated rings. The van der Waals surface area contributed by atoms with E-state index in [-0.39, 0.29) is 0 Å². The average molecular weight is 217 g/mol. The maximum absolute atomic E-state index is 10.4. The van der Waals surface area contributed by atoms with Gasteiger partial charge in [-0.25, -0.2) is 4.79 Å². The van der Waals surface area contributed by atoms with Crippen molar-refractivity contribution in [1.29, 1.82) is 5.26 Å². The van der Waals surface area contributed by atoms with E-state index in [9.17, 15) is 4.79 Å². The van der Waals surface area contributed by atoms with Crippen molar-refractivity contribution in [2.75, 3.05) is 7.11 Å². The molecule has 1 rings (SSSR count). The Morgan fingerprint density at radius 2 is 2.25 bits per heavy atom. The monoisotopic (exact) mass is 217 g/mol. The summed E-state index contributed by atoms with van der Waals surface area (Å²) in [5.41, 5.74) is 1.71. The van der Waals surface area contributed by atoms with Crippen LogP contribution in [0, 0.1) is 18.3 Å². The summed E-state index contributed by atoms with van der Waals surface area (Å²) in [4.78, 5) is 10.4. The average Bonchev–Trinajstić information content (AvgIpc) is 2.26. The third-order valence-electron chi connectivity index (χ3n) is 2.18. The zero-order chi connectivity index (χ0) is 12.1. The van der Waals surface area contributed by atoms with E-state index < -0.39 is 5.97 Å². The molecule has 4 heteroatoms. The number of carboxylic acid groups (broad SMARTS) is 1. The van der Waals surface area contributed by atoms with E-state index in [0.717, 1.165) is 6.08 Å². The maximum Gasteiger partial charge on any atom is 0.328 e. The lowest BCUT2D eigenvalue weighted by Gasteiger charge is -2.07. The molecule has 1 aromatic carbocycles. The first-order valence-corrected chi connectivity index (χ1v) is 4.59. The van der Waals surface area contributed by atoms with E-state index in [1.54, 1.807) is 19.1 Å². The van der Waals surface area contributed by atoms with Crippen LogP contribution in [0.1, 0.15) is 16.7 Å². The van der Waals surface area contributed by atoms with Crippen molar-refractivity contribution in [3.63, 3.8) is 0 Å². The fraction of sp³-hybridized carbons (Fsp3) is 0.167. The van der Waals surface area contributed by atoms with Gasteiger partial charge >= 0.3 is 5.97 Å². The van der Waals surface area contributed by atoms with Crippen LogP contribution in [-0.4, -0.2) is 18.2 Å². The molecular weight excluding hydrogens is 206 g/mol. The summed E-state index contributed by atoms with van der Waals surface area (Å²) < 4.78 is 5.08. The molecule has 0 aliphatic heterocycles. The largest absolute Gasteiger partial charge is 0.496 e. The molecule has 0 saturated carbocycles. The lowest BCUT2D eigenvalue weighted by Crippen LogP contribution is -1.94. The summed E-state index contributed by atoms with van der Waals surface area (Å²) in [6.45, 7) is 1.76. The summed E-state index contributed by atoms with van der Waals surface area (Å²) in [5.74, 6) is -0.429. The van der Waals surface area contributed by atoms with Crippen LogP contribution in [0.4, 0.5) is 0 Å². The Labute approximate surface area is 93.4 Å². The number of carbonyl (C=O) groups is 1. The lowest BCUT2D eigenvalue weighted by atomic mass is 10.0. The summed E-state index contributed by atoms with van der Waals surface area (Å²) >= 11 is 0. The van der Waals surface area contributed by atoms with Gasteiger partial charge < -0.3 is 9.84 Å². The second-order valence-electron chi connectivity index (χ2n) is 3.14. The normalized spacial score (nSPS) is 10.1. The predicted molar refractivity (Wildman–Crippen MR) is 59.1 cm³/mol. The predicted octanol–water partition coefficient (Wildman–Crippen LogP) is 1.97. The molecule has 0 aromatic heterocycles. The molecule has 0 aliphatic carbocycles. The van der Waals surface area contributed by atoms with Crippen LogP contribution in [0.15, 0.2) is 18.2 Å². The molecule has 1 N–H and O–H groups in total. The molecule has 0 spiro atoms. The van der Waals surface area contributed by atoms with Crippen LogP contribution in [0.3, 0.4) is 0 Å². The first-order valence-electron chi connectivity index (χ1n) is 4.59. The van der Waals surface area contributed by atoms with Crippen molar-refractivity contribution in [2.45, 2.75) is 6.92 Å². The summed E-state index contributed by atoms with van der Waals surface area (Å²) in [6.07, 6.45) is 2.40. The van der Waals surface area contributed by atoms with Crippen molar-refractivity contribution in [1.82, 2.24) is 0 Å². The van der Waals surface area contributed by atoms with Crippen LogP contribution in [-0.2, 0) is 4.79 Å². The number of nitrogens with zero attached hydrogens (tertiary/aromatic N) is 1. The molecule has 0 amide bonds. The fourth-order valence-corrected chi connectivity index (χ4v) is 1.38. The third-order valence-corrected chi connectivity index (χ3v) is 2.18. The smallest absolute Gasteiger partial charge is 0.328 e. The topological polar surface area (TPSA) is 70.3 Å². The second-order valence-corrected chi connectivity index (χ2v) is 3.14. The van der Waals surface area contributed by atoms with E-state index in [2.05, 4.69) is 0 Å². The molecule has 16 heavy (non-hydrogen) atoms. The Hall–Kier alpha value is -2.28. The lowest BCUT2D eigenvalue weighted by molar-refractivity contribution is -0.131. The first kappa shape index (κ1) is 11.8. The third kappa shape index (κ3) is 2.39.